The van der Waals surface area contributed by atoms with Gasteiger partial charge in [0.25, 0.3) is 0 Å². The van der Waals surface area contributed by atoms with Crippen LogP contribution in [0.4, 0.5) is 11.4 Å². The summed E-state index contributed by atoms with van der Waals surface area (Å²) in [7, 11) is 4.06. The number of hydrogen-bond donors (Lipinski definition) is 1. The monoisotopic (exact) mass is 305 g/mol. The molecule has 94 valence electrons. The molecule has 2 rings (SSSR count). The highest BCUT2D eigenvalue weighted by Crippen LogP contribution is 2.23. The number of hydrogen-bond acceptors (Lipinski definition) is 3. The maximum Gasteiger partial charge on any atom is 0.0766 e. The first-order valence-corrected chi connectivity index (χ1v) is 6.56. The van der Waals surface area contributed by atoms with Crippen LogP contribution in [-0.2, 0) is 6.54 Å². The molecule has 3 nitrogen and oxygen atoms in total. The van der Waals surface area contributed by atoms with Gasteiger partial charge in [0.2, 0.25) is 0 Å². The van der Waals surface area contributed by atoms with Gasteiger partial charge in [0.15, 0.2) is 0 Å². The number of nitrogens with zero attached hydrogens (tertiary/aromatic N) is 2. The lowest BCUT2D eigenvalue weighted by Gasteiger charge is -2.17. The Balaban J connectivity index is 2.08. The number of benzene rings is 1. The summed E-state index contributed by atoms with van der Waals surface area (Å²) >= 11 is 3.44. The zero-order valence-corrected chi connectivity index (χ0v) is 12.1. The van der Waals surface area contributed by atoms with E-state index in [1.54, 1.807) is 6.20 Å². The molecule has 1 aromatic carbocycles. The Hall–Kier alpha value is -1.55. The lowest BCUT2D eigenvalue weighted by atomic mass is 10.2. The Labute approximate surface area is 116 Å². The lowest BCUT2D eigenvalue weighted by Crippen LogP contribution is -2.12. The van der Waals surface area contributed by atoms with Crippen LogP contribution in [0.25, 0.3) is 0 Å². The van der Waals surface area contributed by atoms with Crippen molar-refractivity contribution in [2.75, 3.05) is 24.3 Å². The highest BCUT2D eigenvalue weighted by Gasteiger charge is 2.03. The van der Waals surface area contributed by atoms with E-state index < -0.39 is 0 Å². The molecular formula is C14H16BrN3. The van der Waals surface area contributed by atoms with Crippen LogP contribution < -0.4 is 10.2 Å². The van der Waals surface area contributed by atoms with Gasteiger partial charge in [0, 0.05) is 31.3 Å². The molecule has 1 aromatic heterocycles. The largest absolute Gasteiger partial charge is 0.378 e. The number of pyridine rings is 1. The van der Waals surface area contributed by atoms with Crippen molar-refractivity contribution in [2.45, 2.75) is 6.54 Å². The van der Waals surface area contributed by atoms with Crippen molar-refractivity contribution in [3.05, 3.63) is 52.8 Å². The summed E-state index contributed by atoms with van der Waals surface area (Å²) in [6, 6.07) is 10.3. The van der Waals surface area contributed by atoms with Crippen LogP contribution in [0, 0.1) is 0 Å². The van der Waals surface area contributed by atoms with Crippen LogP contribution in [0.1, 0.15) is 5.56 Å². The molecule has 0 bridgehead atoms. The normalized spacial score (nSPS) is 10.2. The zero-order chi connectivity index (χ0) is 13.0. The van der Waals surface area contributed by atoms with Crippen LogP contribution in [0.15, 0.2) is 47.2 Å². The van der Waals surface area contributed by atoms with Gasteiger partial charge in [-0.3, -0.25) is 4.98 Å². The molecule has 0 aliphatic rings. The zero-order valence-electron chi connectivity index (χ0n) is 10.5. The Morgan fingerprint density at radius 1 is 1.17 bits per heavy atom. The summed E-state index contributed by atoms with van der Waals surface area (Å²) < 4.78 is 1.10. The van der Waals surface area contributed by atoms with E-state index in [9.17, 15) is 0 Å². The minimum atomic E-state index is 0.791. The number of aromatic nitrogens is 1. The van der Waals surface area contributed by atoms with Crippen LogP contribution >= 0.6 is 15.9 Å². The molecular weight excluding hydrogens is 290 g/mol. The Bertz CT molecular complexity index is 509. The number of nitrogens with one attached hydrogen (secondary N) is 1. The van der Waals surface area contributed by atoms with Gasteiger partial charge in [-0.1, -0.05) is 28.1 Å². The van der Waals surface area contributed by atoms with E-state index in [0.29, 0.717) is 0 Å². The van der Waals surface area contributed by atoms with E-state index >= 15 is 0 Å². The topological polar surface area (TPSA) is 28.2 Å². The number of anilines is 2. The molecule has 0 amide bonds. The maximum atomic E-state index is 4.16. The fourth-order valence-corrected chi connectivity index (χ4v) is 1.98. The second-order valence-electron chi connectivity index (χ2n) is 4.27. The molecule has 0 spiro atoms. The summed E-state index contributed by atoms with van der Waals surface area (Å²) in [5, 5.41) is 3.41. The lowest BCUT2D eigenvalue weighted by molar-refractivity contribution is 1.09. The van der Waals surface area contributed by atoms with E-state index in [1.807, 2.05) is 38.5 Å². The van der Waals surface area contributed by atoms with Gasteiger partial charge in [-0.25, -0.2) is 0 Å². The summed E-state index contributed by atoms with van der Waals surface area (Å²) in [5.41, 5.74) is 3.43. The van der Waals surface area contributed by atoms with Gasteiger partial charge < -0.3 is 10.2 Å². The highest BCUT2D eigenvalue weighted by atomic mass is 79.9. The smallest absolute Gasteiger partial charge is 0.0766 e. The van der Waals surface area contributed by atoms with E-state index in [4.69, 9.17) is 0 Å². The maximum absolute atomic E-state index is 4.16. The molecule has 0 radical (unpaired) electrons. The van der Waals surface area contributed by atoms with Crippen molar-refractivity contribution in [1.82, 2.24) is 4.98 Å². The van der Waals surface area contributed by atoms with E-state index in [-0.39, 0.29) is 0 Å². The van der Waals surface area contributed by atoms with Crippen molar-refractivity contribution in [1.29, 1.82) is 0 Å². The number of rotatable bonds is 4. The van der Waals surface area contributed by atoms with E-state index in [0.717, 1.165) is 22.4 Å². The molecule has 0 atom stereocenters. The number of halogens is 1. The second kappa shape index (κ2) is 5.87. The molecule has 0 saturated heterocycles. The van der Waals surface area contributed by atoms with Crippen molar-refractivity contribution < 1.29 is 0 Å². The van der Waals surface area contributed by atoms with Gasteiger partial charge in [-0.05, 0) is 23.8 Å². The molecule has 18 heavy (non-hydrogen) atoms. The first kappa shape index (κ1) is 12.9. The average molecular weight is 306 g/mol. The Morgan fingerprint density at radius 2 is 1.89 bits per heavy atom. The summed E-state index contributed by atoms with van der Waals surface area (Å²) in [4.78, 5) is 6.23. The molecule has 1 N–H and O–H groups in total. The van der Waals surface area contributed by atoms with Gasteiger partial charge in [-0.15, -0.1) is 0 Å². The fourth-order valence-electron chi connectivity index (χ4n) is 1.71. The third-order valence-electron chi connectivity index (χ3n) is 2.68. The van der Waals surface area contributed by atoms with Crippen molar-refractivity contribution >= 4 is 27.3 Å². The van der Waals surface area contributed by atoms with E-state index in [2.05, 4.69) is 43.3 Å². The van der Waals surface area contributed by atoms with Gasteiger partial charge in [0.05, 0.1) is 17.6 Å². The van der Waals surface area contributed by atoms with Crippen LogP contribution in [0.5, 0.6) is 0 Å². The first-order chi connectivity index (χ1) is 8.66. The predicted molar refractivity (Wildman–Crippen MR) is 80.0 cm³/mol. The van der Waals surface area contributed by atoms with Crippen molar-refractivity contribution in [3.8, 4) is 0 Å². The molecule has 1 heterocycles. The van der Waals surface area contributed by atoms with Crippen LogP contribution in [0.2, 0.25) is 0 Å². The van der Waals surface area contributed by atoms with Gasteiger partial charge in [-0.2, -0.15) is 0 Å². The average Bonchev–Trinajstić information content (AvgIpc) is 2.38. The third kappa shape index (κ3) is 3.23. The summed E-state index contributed by atoms with van der Waals surface area (Å²) in [5.74, 6) is 0. The molecule has 4 heteroatoms. The van der Waals surface area contributed by atoms with E-state index in [1.165, 1.54) is 5.56 Å². The standard InChI is InChI=1S/C14H16BrN3/c1-18(2)14-7-8-16-10-13(14)17-9-11-3-5-12(15)6-4-11/h3-8,10,17H,9H2,1-2H3. The molecule has 0 saturated carbocycles. The van der Waals surface area contributed by atoms with Gasteiger partial charge >= 0.3 is 0 Å². The predicted octanol–water partition coefficient (Wildman–Crippen LogP) is 3.52. The molecule has 2 aromatic rings. The molecule has 0 unspecified atom stereocenters. The van der Waals surface area contributed by atoms with Gasteiger partial charge in [0.1, 0.15) is 0 Å². The Kier molecular flexibility index (Phi) is 4.20. The van der Waals surface area contributed by atoms with Crippen LogP contribution in [0.3, 0.4) is 0 Å². The highest BCUT2D eigenvalue weighted by molar-refractivity contribution is 9.10. The minimum Gasteiger partial charge on any atom is -0.378 e. The molecule has 0 aliphatic carbocycles. The van der Waals surface area contributed by atoms with Crippen LogP contribution in [-0.4, -0.2) is 19.1 Å². The van der Waals surface area contributed by atoms with Crippen molar-refractivity contribution in [2.24, 2.45) is 0 Å². The summed E-state index contributed by atoms with van der Waals surface area (Å²) in [6.45, 7) is 0.791. The fraction of sp³-hybridized carbons (Fsp3) is 0.214. The Morgan fingerprint density at radius 3 is 2.56 bits per heavy atom. The third-order valence-corrected chi connectivity index (χ3v) is 3.20. The quantitative estimate of drug-likeness (QED) is 0.937. The molecule has 0 aliphatic heterocycles. The second-order valence-corrected chi connectivity index (χ2v) is 5.18. The SMILES string of the molecule is CN(C)c1ccncc1NCc1ccc(Br)cc1. The first-order valence-electron chi connectivity index (χ1n) is 5.76. The molecule has 0 fully saturated rings. The summed E-state index contributed by atoms with van der Waals surface area (Å²) in [6.07, 6.45) is 3.66. The van der Waals surface area contributed by atoms with Crippen molar-refractivity contribution in [3.63, 3.8) is 0 Å². The minimum absolute atomic E-state index is 0.791.